The van der Waals surface area contributed by atoms with Gasteiger partial charge in [-0.3, -0.25) is 0 Å². The van der Waals surface area contributed by atoms with Gasteiger partial charge in [-0.15, -0.1) is 0 Å². The summed E-state index contributed by atoms with van der Waals surface area (Å²) in [5, 5.41) is 0.952. The van der Waals surface area contributed by atoms with Gasteiger partial charge in [0.1, 0.15) is 5.82 Å². The summed E-state index contributed by atoms with van der Waals surface area (Å²) in [6.45, 7) is 0. The molecule has 0 fully saturated rings. The lowest BCUT2D eigenvalue weighted by molar-refractivity contribution is 0.613. The van der Waals surface area contributed by atoms with E-state index in [1.807, 2.05) is 0 Å². The van der Waals surface area contributed by atoms with E-state index in [0.717, 1.165) is 5.33 Å². The molecule has 0 unspecified atom stereocenters. The minimum absolute atomic E-state index is 0.198. The molecule has 0 spiro atoms. The summed E-state index contributed by atoms with van der Waals surface area (Å²) in [5.74, 6) is -0.298. The summed E-state index contributed by atoms with van der Waals surface area (Å²) in [7, 11) is 0. The molecule has 0 aliphatic heterocycles. The third-order valence-corrected chi connectivity index (χ3v) is 2.08. The molecule has 0 bridgehead atoms. The van der Waals surface area contributed by atoms with Gasteiger partial charge in [-0.1, -0.05) is 39.7 Å². The summed E-state index contributed by atoms with van der Waals surface area (Å²) >= 11 is 8.79. The van der Waals surface area contributed by atoms with Gasteiger partial charge in [-0.2, -0.15) is 0 Å². The Labute approximate surface area is 78.5 Å². The van der Waals surface area contributed by atoms with E-state index in [2.05, 4.69) is 15.9 Å². The second kappa shape index (κ2) is 4.07. The lowest BCUT2D eigenvalue weighted by atomic mass is 10.2. The van der Waals surface area contributed by atoms with Crippen molar-refractivity contribution in [2.45, 2.75) is 6.42 Å². The number of hydrogen-bond acceptors (Lipinski definition) is 0. The average Bonchev–Trinajstić information content (AvgIpc) is 1.99. The molecule has 0 amide bonds. The molecule has 0 aromatic heterocycles. The largest absolute Gasteiger partial charge is 0.205 e. The maximum absolute atomic E-state index is 13.0. The summed E-state index contributed by atoms with van der Waals surface area (Å²) in [6.07, 6.45) is 0.673. The van der Waals surface area contributed by atoms with Crippen LogP contribution in [0.25, 0.3) is 0 Å². The zero-order chi connectivity index (χ0) is 8.27. The quantitative estimate of drug-likeness (QED) is 0.692. The minimum Gasteiger partial charge on any atom is -0.205 e. The molecule has 1 aromatic carbocycles. The summed E-state index contributed by atoms with van der Waals surface area (Å²) in [5.41, 5.74) is 0.661. The fraction of sp³-hybridized carbons (Fsp3) is 0.250. The van der Waals surface area contributed by atoms with Crippen LogP contribution in [0.5, 0.6) is 0 Å². The lowest BCUT2D eigenvalue weighted by Crippen LogP contribution is -1.91. The second-order valence-corrected chi connectivity index (χ2v) is 3.35. The fourth-order valence-corrected chi connectivity index (χ4v) is 1.46. The van der Waals surface area contributed by atoms with Crippen molar-refractivity contribution in [3.8, 4) is 0 Å². The SMILES string of the molecule is Fc1c(Cl)cccc1CCBr. The van der Waals surface area contributed by atoms with E-state index < -0.39 is 0 Å². The summed E-state index contributed by atoms with van der Waals surface area (Å²) < 4.78 is 13.0. The zero-order valence-corrected chi connectivity index (χ0v) is 8.12. The molecule has 0 aliphatic rings. The van der Waals surface area contributed by atoms with Crippen molar-refractivity contribution in [1.29, 1.82) is 0 Å². The molecule has 1 rings (SSSR count). The Balaban J connectivity index is 2.96. The summed E-state index contributed by atoms with van der Waals surface area (Å²) in [6, 6.07) is 5.04. The van der Waals surface area contributed by atoms with Gasteiger partial charge in [-0.05, 0) is 18.1 Å². The highest BCUT2D eigenvalue weighted by molar-refractivity contribution is 9.09. The third-order valence-electron chi connectivity index (χ3n) is 1.40. The first-order chi connectivity index (χ1) is 5.25. The van der Waals surface area contributed by atoms with Gasteiger partial charge in [0.25, 0.3) is 0 Å². The predicted molar refractivity (Wildman–Crippen MR) is 48.9 cm³/mol. The van der Waals surface area contributed by atoms with E-state index in [4.69, 9.17) is 11.6 Å². The Morgan fingerprint density at radius 3 is 2.82 bits per heavy atom. The second-order valence-electron chi connectivity index (χ2n) is 2.15. The van der Waals surface area contributed by atoms with Crippen molar-refractivity contribution in [3.05, 3.63) is 34.6 Å². The standard InChI is InChI=1S/C8H7BrClF/c9-5-4-6-2-1-3-7(10)8(6)11/h1-3H,4-5H2. The number of aryl methyl sites for hydroxylation is 1. The van der Waals surface area contributed by atoms with Crippen molar-refractivity contribution in [2.75, 3.05) is 5.33 Å². The molecule has 0 atom stereocenters. The van der Waals surface area contributed by atoms with Crippen LogP contribution in [-0.2, 0) is 6.42 Å². The van der Waals surface area contributed by atoms with Crippen molar-refractivity contribution >= 4 is 27.5 Å². The van der Waals surface area contributed by atoms with E-state index >= 15 is 0 Å². The van der Waals surface area contributed by atoms with Crippen LogP contribution in [0, 0.1) is 5.82 Å². The van der Waals surface area contributed by atoms with Gasteiger partial charge in [0, 0.05) is 5.33 Å². The number of hydrogen-bond donors (Lipinski definition) is 0. The molecule has 1 aromatic rings. The Kier molecular flexibility index (Phi) is 3.34. The van der Waals surface area contributed by atoms with E-state index in [-0.39, 0.29) is 10.8 Å². The van der Waals surface area contributed by atoms with Crippen molar-refractivity contribution < 1.29 is 4.39 Å². The van der Waals surface area contributed by atoms with Gasteiger partial charge in [-0.25, -0.2) is 4.39 Å². The van der Waals surface area contributed by atoms with Crippen LogP contribution in [0.15, 0.2) is 18.2 Å². The van der Waals surface area contributed by atoms with Gasteiger partial charge < -0.3 is 0 Å². The van der Waals surface area contributed by atoms with Crippen LogP contribution in [0.4, 0.5) is 4.39 Å². The molecule has 0 heterocycles. The van der Waals surface area contributed by atoms with Crippen molar-refractivity contribution in [2.24, 2.45) is 0 Å². The van der Waals surface area contributed by atoms with Crippen LogP contribution < -0.4 is 0 Å². The number of benzene rings is 1. The van der Waals surface area contributed by atoms with Crippen LogP contribution in [0.1, 0.15) is 5.56 Å². The van der Waals surface area contributed by atoms with E-state index in [1.165, 1.54) is 0 Å². The van der Waals surface area contributed by atoms with Crippen LogP contribution in [-0.4, -0.2) is 5.33 Å². The van der Waals surface area contributed by atoms with Gasteiger partial charge in [0.15, 0.2) is 0 Å². The van der Waals surface area contributed by atoms with E-state index in [1.54, 1.807) is 18.2 Å². The van der Waals surface area contributed by atoms with Gasteiger partial charge in [0.2, 0.25) is 0 Å². The Morgan fingerprint density at radius 1 is 1.45 bits per heavy atom. The topological polar surface area (TPSA) is 0 Å². The van der Waals surface area contributed by atoms with Crippen molar-refractivity contribution in [1.82, 2.24) is 0 Å². The van der Waals surface area contributed by atoms with Crippen LogP contribution >= 0.6 is 27.5 Å². The fourth-order valence-electron chi connectivity index (χ4n) is 0.843. The Hall–Kier alpha value is -0.0800. The highest BCUT2D eigenvalue weighted by atomic mass is 79.9. The molecule has 60 valence electrons. The molecular weight excluding hydrogens is 230 g/mol. The summed E-state index contributed by atoms with van der Waals surface area (Å²) in [4.78, 5) is 0. The number of alkyl halides is 1. The van der Waals surface area contributed by atoms with Crippen molar-refractivity contribution in [3.63, 3.8) is 0 Å². The van der Waals surface area contributed by atoms with Gasteiger partial charge in [0.05, 0.1) is 5.02 Å². The molecule has 0 radical (unpaired) electrons. The Morgan fingerprint density at radius 2 is 2.18 bits per heavy atom. The van der Waals surface area contributed by atoms with Crippen LogP contribution in [0.2, 0.25) is 5.02 Å². The normalized spacial score (nSPS) is 10.1. The number of rotatable bonds is 2. The third kappa shape index (κ3) is 2.17. The van der Waals surface area contributed by atoms with E-state index in [0.29, 0.717) is 12.0 Å². The molecule has 0 N–H and O–H groups in total. The smallest absolute Gasteiger partial charge is 0.144 e. The molecule has 11 heavy (non-hydrogen) atoms. The molecular formula is C8H7BrClF. The first-order valence-corrected chi connectivity index (χ1v) is 4.74. The molecule has 0 saturated carbocycles. The average molecular weight is 237 g/mol. The zero-order valence-electron chi connectivity index (χ0n) is 5.78. The van der Waals surface area contributed by atoms with Gasteiger partial charge >= 0.3 is 0 Å². The molecule has 0 saturated heterocycles. The maximum Gasteiger partial charge on any atom is 0.144 e. The maximum atomic E-state index is 13.0. The number of halogens is 3. The molecule has 0 aliphatic carbocycles. The monoisotopic (exact) mass is 236 g/mol. The highest BCUT2D eigenvalue weighted by Crippen LogP contribution is 2.18. The minimum atomic E-state index is -0.298. The molecule has 0 nitrogen and oxygen atoms in total. The van der Waals surface area contributed by atoms with Crippen LogP contribution in [0.3, 0.4) is 0 Å². The first-order valence-electron chi connectivity index (χ1n) is 3.24. The molecule has 3 heteroatoms. The Bertz CT molecular complexity index is 250. The van der Waals surface area contributed by atoms with E-state index in [9.17, 15) is 4.39 Å². The predicted octanol–water partition coefficient (Wildman–Crippen LogP) is 3.42. The highest BCUT2D eigenvalue weighted by Gasteiger charge is 2.03. The first kappa shape index (κ1) is 9.01. The lowest BCUT2D eigenvalue weighted by Gasteiger charge is -2.00.